The van der Waals surface area contributed by atoms with Gasteiger partial charge in [0, 0.05) is 17.5 Å². The molecule has 0 aliphatic heterocycles. The quantitative estimate of drug-likeness (QED) is 0.881. The molecule has 1 aromatic heterocycles. The minimum atomic E-state index is 0.0167. The third kappa shape index (κ3) is 2.34. The zero-order valence-corrected chi connectivity index (χ0v) is 10.1. The van der Waals surface area contributed by atoms with Crippen molar-refractivity contribution in [2.45, 2.75) is 20.0 Å². The Morgan fingerprint density at radius 3 is 2.41 bits per heavy atom. The van der Waals surface area contributed by atoms with E-state index in [0.29, 0.717) is 0 Å². The molecular weight excluding hydrogens is 216 g/mol. The van der Waals surface area contributed by atoms with Crippen LogP contribution in [0.25, 0.3) is 11.3 Å². The number of furan rings is 1. The van der Waals surface area contributed by atoms with Gasteiger partial charge in [0.2, 0.25) is 0 Å². The van der Waals surface area contributed by atoms with E-state index < -0.39 is 0 Å². The molecule has 0 fully saturated rings. The van der Waals surface area contributed by atoms with E-state index >= 15 is 0 Å². The van der Waals surface area contributed by atoms with Crippen molar-refractivity contribution in [3.8, 4) is 17.1 Å². The summed E-state index contributed by atoms with van der Waals surface area (Å²) < 4.78 is 10.8. The van der Waals surface area contributed by atoms with Crippen molar-refractivity contribution >= 4 is 0 Å². The van der Waals surface area contributed by atoms with Crippen molar-refractivity contribution in [3.05, 3.63) is 41.7 Å². The number of hydrogen-bond donors (Lipinski definition) is 1. The monoisotopic (exact) mass is 232 g/mol. The summed E-state index contributed by atoms with van der Waals surface area (Å²) in [6.45, 7) is 2.03. The molecule has 0 radical (unpaired) electrons. The Balaban J connectivity index is 2.35. The standard InChI is InChI=1S/C14H16O3/c1-3-13-11(9-15)8-14(17-13)10-4-6-12(16-2)7-5-10/h4-8,15H,3,9H2,1-2H3. The highest BCUT2D eigenvalue weighted by molar-refractivity contribution is 5.60. The molecule has 0 bridgehead atoms. The average molecular weight is 232 g/mol. The third-order valence-corrected chi connectivity index (χ3v) is 2.76. The van der Waals surface area contributed by atoms with Gasteiger partial charge in [-0.2, -0.15) is 0 Å². The Hall–Kier alpha value is -1.74. The highest BCUT2D eigenvalue weighted by Crippen LogP contribution is 2.27. The molecule has 2 aromatic rings. The molecule has 0 saturated carbocycles. The molecule has 2 rings (SSSR count). The van der Waals surface area contributed by atoms with Gasteiger partial charge in [-0.05, 0) is 30.3 Å². The minimum absolute atomic E-state index is 0.0167. The Kier molecular flexibility index (Phi) is 3.49. The first-order valence-electron chi connectivity index (χ1n) is 5.65. The molecule has 0 aliphatic carbocycles. The summed E-state index contributed by atoms with van der Waals surface area (Å²) in [7, 11) is 1.64. The van der Waals surface area contributed by atoms with Crippen LogP contribution in [-0.2, 0) is 13.0 Å². The van der Waals surface area contributed by atoms with E-state index in [0.717, 1.165) is 34.8 Å². The molecule has 17 heavy (non-hydrogen) atoms. The molecule has 0 spiro atoms. The maximum Gasteiger partial charge on any atom is 0.134 e. The fourth-order valence-corrected chi connectivity index (χ4v) is 1.80. The molecule has 0 saturated heterocycles. The molecule has 0 unspecified atom stereocenters. The summed E-state index contributed by atoms with van der Waals surface area (Å²) in [5.41, 5.74) is 1.85. The summed E-state index contributed by atoms with van der Waals surface area (Å²) in [5, 5.41) is 9.21. The number of aryl methyl sites for hydroxylation is 1. The van der Waals surface area contributed by atoms with Crippen LogP contribution in [-0.4, -0.2) is 12.2 Å². The van der Waals surface area contributed by atoms with Crippen LogP contribution >= 0.6 is 0 Å². The first-order valence-corrected chi connectivity index (χ1v) is 5.65. The number of aliphatic hydroxyl groups is 1. The second-order valence-corrected chi connectivity index (χ2v) is 3.80. The van der Waals surface area contributed by atoms with Crippen LogP contribution in [0.5, 0.6) is 5.75 Å². The zero-order chi connectivity index (χ0) is 12.3. The molecule has 1 aromatic carbocycles. The molecule has 90 valence electrons. The fourth-order valence-electron chi connectivity index (χ4n) is 1.80. The fraction of sp³-hybridized carbons (Fsp3) is 0.286. The number of aliphatic hydroxyl groups excluding tert-OH is 1. The normalized spacial score (nSPS) is 10.5. The van der Waals surface area contributed by atoms with Crippen molar-refractivity contribution in [1.29, 1.82) is 0 Å². The summed E-state index contributed by atoms with van der Waals surface area (Å²) in [6, 6.07) is 9.56. The molecule has 3 heteroatoms. The van der Waals surface area contributed by atoms with E-state index in [4.69, 9.17) is 9.15 Å². The number of ether oxygens (including phenoxy) is 1. The van der Waals surface area contributed by atoms with Gasteiger partial charge in [-0.3, -0.25) is 0 Å². The molecular formula is C14H16O3. The molecule has 1 heterocycles. The van der Waals surface area contributed by atoms with Crippen molar-refractivity contribution in [2.75, 3.05) is 7.11 Å². The Bertz CT molecular complexity index is 461. The maximum atomic E-state index is 9.21. The second kappa shape index (κ2) is 5.06. The van der Waals surface area contributed by atoms with Gasteiger partial charge in [0.15, 0.2) is 0 Å². The van der Waals surface area contributed by atoms with E-state index in [1.54, 1.807) is 7.11 Å². The molecule has 0 amide bonds. The number of hydrogen-bond acceptors (Lipinski definition) is 3. The van der Waals surface area contributed by atoms with Crippen LogP contribution < -0.4 is 4.74 Å². The lowest BCUT2D eigenvalue weighted by Crippen LogP contribution is -1.84. The van der Waals surface area contributed by atoms with Crippen LogP contribution in [0.4, 0.5) is 0 Å². The highest BCUT2D eigenvalue weighted by Gasteiger charge is 2.10. The highest BCUT2D eigenvalue weighted by atomic mass is 16.5. The number of methoxy groups -OCH3 is 1. The predicted molar refractivity (Wildman–Crippen MR) is 66.0 cm³/mol. The van der Waals surface area contributed by atoms with Gasteiger partial charge < -0.3 is 14.3 Å². The second-order valence-electron chi connectivity index (χ2n) is 3.80. The van der Waals surface area contributed by atoms with E-state index in [1.165, 1.54) is 0 Å². The molecule has 3 nitrogen and oxygen atoms in total. The summed E-state index contributed by atoms with van der Waals surface area (Å²) in [4.78, 5) is 0. The van der Waals surface area contributed by atoms with Gasteiger partial charge in [0.1, 0.15) is 17.3 Å². The minimum Gasteiger partial charge on any atom is -0.497 e. The van der Waals surface area contributed by atoms with Crippen LogP contribution in [0, 0.1) is 0 Å². The van der Waals surface area contributed by atoms with E-state index in [-0.39, 0.29) is 6.61 Å². The Labute approximate surface area is 101 Å². The van der Waals surface area contributed by atoms with Crippen molar-refractivity contribution in [3.63, 3.8) is 0 Å². The first kappa shape index (κ1) is 11.7. The summed E-state index contributed by atoms with van der Waals surface area (Å²) in [5.74, 6) is 2.45. The lowest BCUT2D eigenvalue weighted by atomic mass is 10.1. The van der Waals surface area contributed by atoms with Gasteiger partial charge in [0.05, 0.1) is 13.7 Å². The van der Waals surface area contributed by atoms with E-state index in [9.17, 15) is 5.11 Å². The lowest BCUT2D eigenvalue weighted by Gasteiger charge is -2.00. The SMILES string of the molecule is CCc1oc(-c2ccc(OC)cc2)cc1CO. The first-order chi connectivity index (χ1) is 8.28. The summed E-state index contributed by atoms with van der Waals surface area (Å²) in [6.07, 6.45) is 0.784. The van der Waals surface area contributed by atoms with Gasteiger partial charge in [-0.25, -0.2) is 0 Å². The summed E-state index contributed by atoms with van der Waals surface area (Å²) >= 11 is 0. The smallest absolute Gasteiger partial charge is 0.134 e. The van der Waals surface area contributed by atoms with E-state index in [1.807, 2.05) is 37.3 Å². The predicted octanol–water partition coefficient (Wildman–Crippen LogP) is 3.01. The molecule has 0 atom stereocenters. The molecule has 1 N–H and O–H groups in total. The van der Waals surface area contributed by atoms with Crippen molar-refractivity contribution in [2.24, 2.45) is 0 Å². The largest absolute Gasteiger partial charge is 0.497 e. The maximum absolute atomic E-state index is 9.21. The molecule has 0 aliphatic rings. The van der Waals surface area contributed by atoms with Gasteiger partial charge >= 0.3 is 0 Å². The average Bonchev–Trinajstić information content (AvgIpc) is 2.82. The number of benzene rings is 1. The Morgan fingerprint density at radius 2 is 1.94 bits per heavy atom. The zero-order valence-electron chi connectivity index (χ0n) is 10.1. The van der Waals surface area contributed by atoms with Gasteiger partial charge in [-0.15, -0.1) is 0 Å². The van der Waals surface area contributed by atoms with Crippen molar-refractivity contribution in [1.82, 2.24) is 0 Å². The lowest BCUT2D eigenvalue weighted by molar-refractivity contribution is 0.278. The third-order valence-electron chi connectivity index (χ3n) is 2.76. The number of rotatable bonds is 4. The van der Waals surface area contributed by atoms with Crippen LogP contribution in [0.15, 0.2) is 34.7 Å². The Morgan fingerprint density at radius 1 is 1.24 bits per heavy atom. The van der Waals surface area contributed by atoms with Gasteiger partial charge in [-0.1, -0.05) is 6.92 Å². The van der Waals surface area contributed by atoms with Gasteiger partial charge in [0.25, 0.3) is 0 Å². The van der Waals surface area contributed by atoms with Crippen LogP contribution in [0.3, 0.4) is 0 Å². The van der Waals surface area contributed by atoms with Crippen LogP contribution in [0.2, 0.25) is 0 Å². The van der Waals surface area contributed by atoms with Crippen LogP contribution in [0.1, 0.15) is 18.2 Å². The topological polar surface area (TPSA) is 42.6 Å². The van der Waals surface area contributed by atoms with E-state index in [2.05, 4.69) is 0 Å². The van der Waals surface area contributed by atoms with Crippen molar-refractivity contribution < 1.29 is 14.3 Å².